The van der Waals surface area contributed by atoms with Crippen molar-refractivity contribution in [3.8, 4) is 22.8 Å². The lowest BCUT2D eigenvalue weighted by atomic mass is 10.1. The van der Waals surface area contributed by atoms with Gasteiger partial charge in [0.25, 0.3) is 5.91 Å². The molecular weight excluding hydrogens is 628 g/mol. The highest BCUT2D eigenvalue weighted by molar-refractivity contribution is 7.91. The lowest BCUT2D eigenvalue weighted by molar-refractivity contribution is -0.130. The van der Waals surface area contributed by atoms with Crippen molar-refractivity contribution in [3.05, 3.63) is 103 Å². The van der Waals surface area contributed by atoms with Crippen LogP contribution in [-0.2, 0) is 26.0 Å². The maximum atomic E-state index is 13.6. The Kier molecular flexibility index (Phi) is 8.21. The van der Waals surface area contributed by atoms with Crippen molar-refractivity contribution in [1.29, 1.82) is 0 Å². The Labute approximate surface area is 280 Å². The molecule has 0 spiro atoms. The summed E-state index contributed by atoms with van der Waals surface area (Å²) in [5.41, 5.74) is 1.92. The Hall–Kier alpha value is -4.74. The third-order valence-electron chi connectivity index (χ3n) is 9.77. The van der Waals surface area contributed by atoms with Crippen molar-refractivity contribution in [2.45, 2.75) is 54.5 Å². The number of aromatic nitrogens is 1. The van der Waals surface area contributed by atoms with Crippen LogP contribution in [0.2, 0.25) is 0 Å². The SMILES string of the molecule is C=C[C@@H]1C[C@]1(NC(=O)[C@@H]1C[C@@H](Oc2cc(-c3ccccc3)nc3cc(OC)ccc23)CN1)C(=O)NS(=O)(=O)C1(Cc2ccccc2)CC1. The van der Waals surface area contributed by atoms with Gasteiger partial charge in [-0.25, -0.2) is 13.4 Å². The van der Waals surface area contributed by atoms with E-state index in [1.165, 1.54) is 0 Å². The average molecular weight is 667 g/mol. The van der Waals surface area contributed by atoms with Crippen LogP contribution in [-0.4, -0.2) is 61.3 Å². The highest BCUT2D eigenvalue weighted by Gasteiger charge is 2.63. The van der Waals surface area contributed by atoms with Crippen LogP contribution in [0, 0.1) is 5.92 Å². The fourth-order valence-electron chi connectivity index (χ4n) is 6.64. The van der Waals surface area contributed by atoms with E-state index < -0.39 is 38.2 Å². The van der Waals surface area contributed by atoms with Gasteiger partial charge < -0.3 is 20.1 Å². The van der Waals surface area contributed by atoms with Crippen LogP contribution in [0.15, 0.2) is 97.6 Å². The van der Waals surface area contributed by atoms with Gasteiger partial charge in [-0.1, -0.05) is 66.7 Å². The Balaban J connectivity index is 1.04. The van der Waals surface area contributed by atoms with E-state index in [0.29, 0.717) is 43.7 Å². The van der Waals surface area contributed by atoms with E-state index in [2.05, 4.69) is 21.9 Å². The molecule has 3 aliphatic rings. The van der Waals surface area contributed by atoms with Gasteiger partial charge in [0, 0.05) is 42.0 Å². The number of benzene rings is 3. The van der Waals surface area contributed by atoms with E-state index in [-0.39, 0.29) is 18.4 Å². The van der Waals surface area contributed by atoms with Crippen LogP contribution in [0.5, 0.6) is 11.5 Å². The molecule has 48 heavy (non-hydrogen) atoms. The summed E-state index contributed by atoms with van der Waals surface area (Å²) in [6.07, 6.45) is 3.12. The number of carbonyl (C=O) groups excluding carboxylic acids is 2. The highest BCUT2D eigenvalue weighted by atomic mass is 32.2. The molecule has 2 saturated carbocycles. The molecule has 0 radical (unpaired) electrons. The van der Waals surface area contributed by atoms with Gasteiger partial charge in [0.15, 0.2) is 0 Å². The molecule has 0 unspecified atom stereocenters. The summed E-state index contributed by atoms with van der Waals surface area (Å²) in [6.45, 7) is 4.21. The van der Waals surface area contributed by atoms with E-state index in [4.69, 9.17) is 14.5 Å². The Morgan fingerprint density at radius 3 is 2.44 bits per heavy atom. The summed E-state index contributed by atoms with van der Waals surface area (Å²) in [7, 11) is -2.39. The highest BCUT2D eigenvalue weighted by Crippen LogP contribution is 2.48. The van der Waals surface area contributed by atoms with Gasteiger partial charge in [-0.05, 0) is 43.4 Å². The first-order valence-corrected chi connectivity index (χ1v) is 17.6. The number of sulfonamides is 1. The molecule has 248 valence electrons. The number of fused-ring (bicyclic) bond motifs is 1. The van der Waals surface area contributed by atoms with Crippen molar-refractivity contribution in [2.75, 3.05) is 13.7 Å². The first-order valence-electron chi connectivity index (χ1n) is 16.1. The molecule has 1 aromatic heterocycles. The molecule has 0 bridgehead atoms. The number of hydrogen-bond acceptors (Lipinski definition) is 8. The summed E-state index contributed by atoms with van der Waals surface area (Å²) >= 11 is 0. The summed E-state index contributed by atoms with van der Waals surface area (Å²) in [5, 5.41) is 6.92. The molecule has 1 aliphatic heterocycles. The van der Waals surface area contributed by atoms with E-state index in [0.717, 1.165) is 27.7 Å². The number of nitrogens with one attached hydrogen (secondary N) is 3. The summed E-state index contributed by atoms with van der Waals surface area (Å²) in [4.78, 5) is 32.0. The Morgan fingerprint density at radius 2 is 1.77 bits per heavy atom. The number of nitrogens with zero attached hydrogens (tertiary/aromatic N) is 1. The van der Waals surface area contributed by atoms with Crippen LogP contribution in [0.1, 0.15) is 31.2 Å². The monoisotopic (exact) mass is 666 g/mol. The molecule has 7 rings (SSSR count). The number of ether oxygens (including phenoxy) is 2. The molecule has 2 amide bonds. The number of amides is 2. The standard InChI is InChI=1S/C37H38N4O6S/c1-3-26-22-37(26,35(43)41-48(44,45)36(16-17-36)21-24-10-6-4-7-11-24)40-34(42)32-19-28(23-38-32)47-33-20-30(25-12-8-5-9-13-25)39-31-18-27(46-2)14-15-29(31)33/h3-15,18,20,26,28,32,38H,1,16-17,19,21-23H2,2H3,(H,40,42)(H,41,43)/t26-,28-,32+,37-/m1/s1. The molecule has 4 aromatic rings. The zero-order valence-corrected chi connectivity index (χ0v) is 27.5. The van der Waals surface area contributed by atoms with Crippen LogP contribution >= 0.6 is 0 Å². The Morgan fingerprint density at radius 1 is 1.04 bits per heavy atom. The van der Waals surface area contributed by atoms with Crippen molar-refractivity contribution in [1.82, 2.24) is 20.3 Å². The van der Waals surface area contributed by atoms with E-state index in [9.17, 15) is 18.0 Å². The maximum Gasteiger partial charge on any atom is 0.259 e. The van der Waals surface area contributed by atoms with Gasteiger partial charge in [-0.2, -0.15) is 0 Å². The summed E-state index contributed by atoms with van der Waals surface area (Å²) < 4.78 is 40.2. The zero-order valence-electron chi connectivity index (χ0n) is 26.6. The largest absolute Gasteiger partial charge is 0.497 e. The second-order valence-electron chi connectivity index (χ2n) is 13.0. The molecule has 3 N–H and O–H groups in total. The first kappa shape index (κ1) is 31.8. The van der Waals surface area contributed by atoms with Gasteiger partial charge >= 0.3 is 0 Å². The third-order valence-corrected chi connectivity index (χ3v) is 11.9. The maximum absolute atomic E-state index is 13.6. The average Bonchev–Trinajstić information content (AvgIpc) is 3.99. The lowest BCUT2D eigenvalue weighted by Crippen LogP contribution is -2.56. The zero-order chi connectivity index (χ0) is 33.5. The molecular formula is C37H38N4O6S. The molecule has 11 heteroatoms. The van der Waals surface area contributed by atoms with Crippen LogP contribution in [0.25, 0.3) is 22.2 Å². The third kappa shape index (κ3) is 6.04. The normalized spacial score (nSPS) is 24.0. The fourth-order valence-corrected chi connectivity index (χ4v) is 8.28. The van der Waals surface area contributed by atoms with Crippen LogP contribution in [0.3, 0.4) is 0 Å². The molecule has 1 saturated heterocycles. The van der Waals surface area contributed by atoms with Gasteiger partial charge in [-0.3, -0.25) is 14.3 Å². The number of methoxy groups -OCH3 is 1. The molecule has 4 atom stereocenters. The molecule has 2 heterocycles. The summed E-state index contributed by atoms with van der Waals surface area (Å²) in [5.74, 6) is -0.187. The number of carbonyl (C=O) groups is 2. The molecule has 10 nitrogen and oxygen atoms in total. The fraction of sp³-hybridized carbons (Fsp3) is 0.324. The molecule has 3 aromatic carbocycles. The van der Waals surface area contributed by atoms with Crippen molar-refractivity contribution >= 4 is 32.7 Å². The van der Waals surface area contributed by atoms with Crippen molar-refractivity contribution in [3.63, 3.8) is 0 Å². The van der Waals surface area contributed by atoms with Crippen LogP contribution < -0.4 is 24.8 Å². The predicted octanol–water partition coefficient (Wildman–Crippen LogP) is 4.30. The minimum atomic E-state index is -4.00. The smallest absolute Gasteiger partial charge is 0.259 e. The first-order chi connectivity index (χ1) is 23.1. The lowest BCUT2D eigenvalue weighted by Gasteiger charge is -2.23. The number of hydrogen-bond donors (Lipinski definition) is 3. The minimum Gasteiger partial charge on any atom is -0.497 e. The molecule has 2 aliphatic carbocycles. The van der Waals surface area contributed by atoms with Crippen LogP contribution in [0.4, 0.5) is 0 Å². The van der Waals surface area contributed by atoms with Gasteiger partial charge in [0.05, 0.1) is 29.1 Å². The van der Waals surface area contributed by atoms with E-state index >= 15 is 0 Å². The van der Waals surface area contributed by atoms with E-state index in [1.807, 2.05) is 84.9 Å². The van der Waals surface area contributed by atoms with Crippen molar-refractivity contribution in [2.24, 2.45) is 5.92 Å². The quantitative estimate of drug-likeness (QED) is 0.191. The predicted molar refractivity (Wildman–Crippen MR) is 183 cm³/mol. The van der Waals surface area contributed by atoms with Gasteiger partial charge in [-0.15, -0.1) is 6.58 Å². The number of rotatable bonds is 12. The van der Waals surface area contributed by atoms with Crippen molar-refractivity contribution < 1.29 is 27.5 Å². The second-order valence-corrected chi connectivity index (χ2v) is 15.1. The minimum absolute atomic E-state index is 0.274. The molecule has 3 fully saturated rings. The van der Waals surface area contributed by atoms with Gasteiger partial charge in [0.2, 0.25) is 15.9 Å². The van der Waals surface area contributed by atoms with E-state index in [1.54, 1.807) is 13.2 Å². The Bertz CT molecular complexity index is 1980. The summed E-state index contributed by atoms with van der Waals surface area (Å²) in [6, 6.07) is 26.1. The topological polar surface area (TPSA) is 136 Å². The van der Waals surface area contributed by atoms with Gasteiger partial charge in [0.1, 0.15) is 23.1 Å². The second kappa shape index (κ2) is 12.4. The number of pyridine rings is 1.